The number of aliphatic imine (C=N–C) groups is 1. The minimum Gasteiger partial charge on any atom is -0.484 e. The molecule has 0 atom stereocenters. The molecule has 1 aromatic rings. The number of rotatable bonds is 9. The van der Waals surface area contributed by atoms with Crippen LogP contribution in [0.2, 0.25) is 0 Å². The van der Waals surface area contributed by atoms with Gasteiger partial charge < -0.3 is 20.7 Å². The topological polar surface area (TPSA) is 78.0 Å². The molecule has 168 valence electrons. The molecule has 1 fully saturated rings. The number of hydrogen-bond donors (Lipinski definition) is 3. The number of nitrogens with zero attached hydrogens (tertiary/aromatic N) is 2. The zero-order valence-corrected chi connectivity index (χ0v) is 20.7. The van der Waals surface area contributed by atoms with E-state index < -0.39 is 0 Å². The van der Waals surface area contributed by atoms with E-state index in [4.69, 9.17) is 4.74 Å². The third kappa shape index (κ3) is 9.80. The summed E-state index contributed by atoms with van der Waals surface area (Å²) in [5.74, 6) is 1.37. The third-order valence-corrected chi connectivity index (χ3v) is 4.75. The average molecular weight is 529 g/mol. The molecule has 1 saturated heterocycles. The minimum atomic E-state index is -0.116. The molecule has 0 radical (unpaired) electrons. The quantitative estimate of drug-likeness (QED) is 0.199. The fourth-order valence-corrected chi connectivity index (χ4v) is 3.33. The van der Waals surface area contributed by atoms with Crippen molar-refractivity contribution in [1.82, 2.24) is 20.9 Å². The molecule has 30 heavy (non-hydrogen) atoms. The molecular formula is C22H36IN5O2. The Bertz CT molecular complexity index is 703. The number of likely N-dealkylation sites (tertiary alicyclic amines) is 1. The van der Waals surface area contributed by atoms with E-state index >= 15 is 0 Å². The Balaban J connectivity index is 0.00000450. The van der Waals surface area contributed by atoms with Crippen LogP contribution in [0, 0.1) is 0 Å². The number of carbonyl (C=O) groups is 1. The maximum Gasteiger partial charge on any atom is 0.257 e. The molecule has 2 rings (SSSR count). The van der Waals surface area contributed by atoms with Crippen LogP contribution in [0.25, 0.3) is 0 Å². The van der Waals surface area contributed by atoms with Crippen molar-refractivity contribution in [3.05, 3.63) is 42.0 Å². The smallest absolute Gasteiger partial charge is 0.257 e. The van der Waals surface area contributed by atoms with Crippen molar-refractivity contribution in [3.63, 3.8) is 0 Å². The van der Waals surface area contributed by atoms with Crippen LogP contribution in [0.15, 0.2) is 41.4 Å². The van der Waals surface area contributed by atoms with Gasteiger partial charge in [0.25, 0.3) is 5.91 Å². The van der Waals surface area contributed by atoms with E-state index in [1.54, 1.807) is 7.05 Å². The van der Waals surface area contributed by atoms with Crippen molar-refractivity contribution in [2.75, 3.05) is 39.8 Å². The van der Waals surface area contributed by atoms with Gasteiger partial charge in [-0.15, -0.1) is 24.0 Å². The molecule has 1 amide bonds. The highest BCUT2D eigenvalue weighted by atomic mass is 127. The van der Waals surface area contributed by atoms with Gasteiger partial charge in [0, 0.05) is 45.8 Å². The first-order valence-corrected chi connectivity index (χ1v) is 10.3. The van der Waals surface area contributed by atoms with Crippen LogP contribution in [-0.4, -0.2) is 62.6 Å². The van der Waals surface area contributed by atoms with E-state index in [1.807, 2.05) is 31.2 Å². The molecule has 1 aliphatic heterocycles. The summed E-state index contributed by atoms with van der Waals surface area (Å²) in [5.41, 5.74) is 2.28. The summed E-state index contributed by atoms with van der Waals surface area (Å²) in [6.07, 6.45) is 2.19. The van der Waals surface area contributed by atoms with E-state index in [-0.39, 0.29) is 36.5 Å². The van der Waals surface area contributed by atoms with Crippen LogP contribution in [-0.2, 0) is 11.3 Å². The fraction of sp³-hybridized carbons (Fsp3) is 0.545. The van der Waals surface area contributed by atoms with E-state index in [0.717, 1.165) is 44.0 Å². The predicted octanol–water partition coefficient (Wildman–Crippen LogP) is 2.52. The van der Waals surface area contributed by atoms with Crippen LogP contribution in [0.1, 0.15) is 32.3 Å². The Morgan fingerprint density at radius 1 is 1.30 bits per heavy atom. The number of likely N-dealkylation sites (N-methyl/N-ethyl adjacent to an activating group) is 1. The lowest BCUT2D eigenvalue weighted by Crippen LogP contribution is -2.48. The van der Waals surface area contributed by atoms with E-state index in [1.165, 1.54) is 5.57 Å². The number of benzene rings is 1. The average Bonchev–Trinajstić information content (AvgIpc) is 2.71. The largest absolute Gasteiger partial charge is 0.484 e. The molecule has 0 aliphatic carbocycles. The Kier molecular flexibility index (Phi) is 12.4. The zero-order valence-electron chi connectivity index (χ0n) is 18.4. The number of amides is 1. The molecule has 0 bridgehead atoms. The van der Waals surface area contributed by atoms with Gasteiger partial charge in [-0.25, -0.2) is 0 Å². The summed E-state index contributed by atoms with van der Waals surface area (Å²) in [5, 5.41) is 9.61. The number of piperidine rings is 1. The van der Waals surface area contributed by atoms with Gasteiger partial charge in [-0.2, -0.15) is 0 Å². The molecule has 0 unspecified atom stereocenters. The summed E-state index contributed by atoms with van der Waals surface area (Å²) in [7, 11) is 1.79. The van der Waals surface area contributed by atoms with Crippen LogP contribution in [0.4, 0.5) is 0 Å². The second-order valence-electron chi connectivity index (χ2n) is 7.47. The molecule has 0 aromatic heterocycles. The maximum atomic E-state index is 11.5. The monoisotopic (exact) mass is 529 g/mol. The van der Waals surface area contributed by atoms with Gasteiger partial charge >= 0.3 is 0 Å². The van der Waals surface area contributed by atoms with Gasteiger partial charge in [-0.05, 0) is 44.4 Å². The van der Waals surface area contributed by atoms with Crippen LogP contribution < -0.4 is 20.7 Å². The summed E-state index contributed by atoms with van der Waals surface area (Å²) < 4.78 is 5.56. The molecule has 0 spiro atoms. The van der Waals surface area contributed by atoms with Crippen molar-refractivity contribution >= 4 is 35.8 Å². The van der Waals surface area contributed by atoms with Gasteiger partial charge in [-0.3, -0.25) is 14.7 Å². The first-order chi connectivity index (χ1) is 14.0. The highest BCUT2D eigenvalue weighted by molar-refractivity contribution is 14.0. The van der Waals surface area contributed by atoms with Gasteiger partial charge in [0.2, 0.25) is 0 Å². The van der Waals surface area contributed by atoms with Gasteiger partial charge in [0.15, 0.2) is 12.6 Å². The standard InChI is InChI=1S/C22H35N5O2.HI/c1-5-24-21(28)16-29-20-8-6-7-18(13-20)14-25-22(23-4)26-19-9-11-27(12-10-19)15-17(2)3;/h6-8,13,19H,2,5,9-12,14-16H2,1,3-4H3,(H,24,28)(H2,23,25,26);1H. The molecular weight excluding hydrogens is 493 g/mol. The van der Waals surface area contributed by atoms with Crippen molar-refractivity contribution in [1.29, 1.82) is 0 Å². The van der Waals surface area contributed by atoms with Crippen LogP contribution in [0.3, 0.4) is 0 Å². The highest BCUT2D eigenvalue weighted by Crippen LogP contribution is 2.14. The van der Waals surface area contributed by atoms with Crippen molar-refractivity contribution in [2.24, 2.45) is 4.99 Å². The van der Waals surface area contributed by atoms with E-state index in [2.05, 4.69) is 39.3 Å². The normalized spacial score (nSPS) is 15.1. The maximum absolute atomic E-state index is 11.5. The lowest BCUT2D eigenvalue weighted by molar-refractivity contribution is -0.122. The third-order valence-electron chi connectivity index (χ3n) is 4.75. The first kappa shape index (κ1) is 26.2. The molecule has 3 N–H and O–H groups in total. The Morgan fingerprint density at radius 3 is 2.67 bits per heavy atom. The predicted molar refractivity (Wildman–Crippen MR) is 134 cm³/mol. The summed E-state index contributed by atoms with van der Waals surface area (Å²) in [6.45, 7) is 12.4. The second-order valence-corrected chi connectivity index (χ2v) is 7.47. The van der Waals surface area contributed by atoms with Crippen LogP contribution >= 0.6 is 24.0 Å². The summed E-state index contributed by atoms with van der Waals surface area (Å²) >= 11 is 0. The lowest BCUT2D eigenvalue weighted by Gasteiger charge is -2.33. The second kappa shape index (κ2) is 14.2. The lowest BCUT2D eigenvalue weighted by atomic mass is 10.0. The summed E-state index contributed by atoms with van der Waals surface area (Å²) in [6, 6.07) is 8.17. The van der Waals surface area contributed by atoms with Gasteiger partial charge in [0.1, 0.15) is 5.75 Å². The van der Waals surface area contributed by atoms with E-state index in [0.29, 0.717) is 24.9 Å². The Hall–Kier alpha value is -1.81. The Morgan fingerprint density at radius 2 is 2.03 bits per heavy atom. The van der Waals surface area contributed by atoms with Crippen molar-refractivity contribution in [2.45, 2.75) is 39.3 Å². The number of ether oxygens (including phenoxy) is 1. The number of nitrogens with one attached hydrogen (secondary N) is 3. The summed E-state index contributed by atoms with van der Waals surface area (Å²) in [4.78, 5) is 18.3. The minimum absolute atomic E-state index is 0. The number of guanidine groups is 1. The molecule has 0 saturated carbocycles. The fourth-order valence-electron chi connectivity index (χ4n) is 3.33. The van der Waals surface area contributed by atoms with Crippen molar-refractivity contribution in [3.8, 4) is 5.75 Å². The van der Waals surface area contributed by atoms with Gasteiger partial charge in [-0.1, -0.05) is 24.3 Å². The van der Waals surface area contributed by atoms with Crippen molar-refractivity contribution < 1.29 is 9.53 Å². The number of hydrogen-bond acceptors (Lipinski definition) is 4. The van der Waals surface area contributed by atoms with Crippen LogP contribution in [0.5, 0.6) is 5.75 Å². The highest BCUT2D eigenvalue weighted by Gasteiger charge is 2.19. The zero-order chi connectivity index (χ0) is 21.1. The Labute approximate surface area is 197 Å². The van der Waals surface area contributed by atoms with E-state index in [9.17, 15) is 4.79 Å². The van der Waals surface area contributed by atoms with Gasteiger partial charge in [0.05, 0.1) is 0 Å². The molecule has 1 aromatic carbocycles. The number of halogens is 1. The SMILES string of the molecule is C=C(C)CN1CCC(NC(=NC)NCc2cccc(OCC(=O)NCC)c2)CC1.I. The molecule has 1 heterocycles. The molecule has 7 nitrogen and oxygen atoms in total. The molecule has 8 heteroatoms. The number of carbonyl (C=O) groups excluding carboxylic acids is 1. The first-order valence-electron chi connectivity index (χ1n) is 10.3. The molecule has 1 aliphatic rings.